The van der Waals surface area contributed by atoms with Crippen molar-refractivity contribution in [3.05, 3.63) is 78.0 Å². The molecule has 1 aromatic heterocycles. The number of carbonyl (C=O) groups excluding carboxylic acids is 2. The summed E-state index contributed by atoms with van der Waals surface area (Å²) >= 11 is 0. The minimum Gasteiger partial charge on any atom is -0.340 e. The number of nitrogens with zero attached hydrogens (tertiary/aromatic N) is 2. The molecule has 0 atom stereocenters. The second-order valence-electron chi connectivity index (χ2n) is 7.00. The maximum Gasteiger partial charge on any atom is 0.259 e. The van der Waals surface area contributed by atoms with Gasteiger partial charge in [0.25, 0.3) is 5.91 Å². The summed E-state index contributed by atoms with van der Waals surface area (Å²) in [5.41, 5.74) is 4.34. The Labute approximate surface area is 169 Å². The van der Waals surface area contributed by atoms with E-state index in [2.05, 4.69) is 21.7 Å². The van der Waals surface area contributed by atoms with Gasteiger partial charge in [-0.2, -0.15) is 0 Å². The first-order chi connectivity index (χ1) is 14.1. The molecular formula is C23H22N4O2. The lowest BCUT2D eigenvalue weighted by atomic mass is 10.0. The van der Waals surface area contributed by atoms with E-state index in [4.69, 9.17) is 0 Å². The summed E-state index contributed by atoms with van der Waals surface area (Å²) in [5.74, 6) is 0.507. The Hall–Kier alpha value is -3.67. The van der Waals surface area contributed by atoms with Crippen LogP contribution in [0.2, 0.25) is 0 Å². The average molecular weight is 386 g/mol. The summed E-state index contributed by atoms with van der Waals surface area (Å²) in [6.45, 7) is 2.19. The van der Waals surface area contributed by atoms with Gasteiger partial charge in [0.15, 0.2) is 0 Å². The molecule has 0 fully saturated rings. The number of benzene rings is 2. The van der Waals surface area contributed by atoms with Crippen molar-refractivity contribution in [2.24, 2.45) is 0 Å². The maximum atomic E-state index is 13.0. The Balaban J connectivity index is 1.46. The third-order valence-corrected chi connectivity index (χ3v) is 4.84. The normalized spacial score (nSPS) is 12.8. The predicted molar refractivity (Wildman–Crippen MR) is 115 cm³/mol. The van der Waals surface area contributed by atoms with E-state index in [9.17, 15) is 9.59 Å². The summed E-state index contributed by atoms with van der Waals surface area (Å²) < 4.78 is 0. The first kappa shape index (κ1) is 18.7. The van der Waals surface area contributed by atoms with E-state index in [1.165, 1.54) is 12.5 Å². The number of anilines is 4. The molecule has 1 aliphatic heterocycles. The zero-order valence-electron chi connectivity index (χ0n) is 16.2. The minimum atomic E-state index is -0.107. The summed E-state index contributed by atoms with van der Waals surface area (Å²) in [5, 5.41) is 5.93. The van der Waals surface area contributed by atoms with E-state index < -0.39 is 0 Å². The van der Waals surface area contributed by atoms with Crippen molar-refractivity contribution in [3.8, 4) is 0 Å². The van der Waals surface area contributed by atoms with Gasteiger partial charge in [0, 0.05) is 36.7 Å². The summed E-state index contributed by atoms with van der Waals surface area (Å²) in [6.07, 6.45) is 3.57. The van der Waals surface area contributed by atoms with Gasteiger partial charge in [0.1, 0.15) is 5.82 Å². The van der Waals surface area contributed by atoms with Crippen molar-refractivity contribution >= 4 is 34.7 Å². The lowest BCUT2D eigenvalue weighted by Crippen LogP contribution is -2.35. The van der Waals surface area contributed by atoms with Crippen LogP contribution in [0.25, 0.3) is 0 Å². The molecule has 4 rings (SSSR count). The first-order valence-electron chi connectivity index (χ1n) is 9.61. The SMILES string of the molecule is CC(=O)Nc1ccc(Nc2ccc(C(=O)N3CCCc4ccccc43)cn2)cc1. The molecule has 6 nitrogen and oxygen atoms in total. The topological polar surface area (TPSA) is 74.3 Å². The number of aryl methyl sites for hydroxylation is 1. The maximum absolute atomic E-state index is 13.0. The summed E-state index contributed by atoms with van der Waals surface area (Å²) in [6, 6.07) is 19.0. The second-order valence-corrected chi connectivity index (χ2v) is 7.00. The predicted octanol–water partition coefficient (Wildman–Crippen LogP) is 4.38. The van der Waals surface area contributed by atoms with Crippen LogP contribution in [0.15, 0.2) is 66.9 Å². The van der Waals surface area contributed by atoms with Gasteiger partial charge in [-0.05, 0) is 60.9 Å². The lowest BCUT2D eigenvalue weighted by molar-refractivity contribution is -0.114. The molecule has 6 heteroatoms. The largest absolute Gasteiger partial charge is 0.340 e. The van der Waals surface area contributed by atoms with Crippen molar-refractivity contribution in [1.82, 2.24) is 4.98 Å². The molecule has 0 bridgehead atoms. The smallest absolute Gasteiger partial charge is 0.259 e. The number of carbonyl (C=O) groups is 2. The van der Waals surface area contributed by atoms with Crippen molar-refractivity contribution in [2.75, 3.05) is 22.1 Å². The quantitative estimate of drug-likeness (QED) is 0.698. The van der Waals surface area contributed by atoms with Crippen LogP contribution in [-0.2, 0) is 11.2 Å². The van der Waals surface area contributed by atoms with E-state index in [1.54, 1.807) is 18.3 Å². The molecule has 0 aliphatic carbocycles. The van der Waals surface area contributed by atoms with Crippen LogP contribution < -0.4 is 15.5 Å². The molecule has 1 aliphatic rings. The average Bonchev–Trinajstić information content (AvgIpc) is 2.74. The van der Waals surface area contributed by atoms with Crippen LogP contribution in [-0.4, -0.2) is 23.3 Å². The van der Waals surface area contributed by atoms with Crippen molar-refractivity contribution in [3.63, 3.8) is 0 Å². The molecule has 2 amide bonds. The number of fused-ring (bicyclic) bond motifs is 1. The number of nitrogens with one attached hydrogen (secondary N) is 2. The molecule has 0 saturated heterocycles. The molecule has 0 unspecified atom stereocenters. The zero-order chi connectivity index (χ0) is 20.2. The third-order valence-electron chi connectivity index (χ3n) is 4.84. The second kappa shape index (κ2) is 8.14. The fraction of sp³-hybridized carbons (Fsp3) is 0.174. The molecule has 146 valence electrons. The van der Waals surface area contributed by atoms with Gasteiger partial charge in [-0.15, -0.1) is 0 Å². The Morgan fingerprint density at radius 2 is 1.72 bits per heavy atom. The van der Waals surface area contributed by atoms with Crippen molar-refractivity contribution in [1.29, 1.82) is 0 Å². The monoisotopic (exact) mass is 386 g/mol. The number of aromatic nitrogens is 1. The number of pyridine rings is 1. The van der Waals surface area contributed by atoms with Gasteiger partial charge in [0.05, 0.1) is 5.56 Å². The summed E-state index contributed by atoms with van der Waals surface area (Å²) in [7, 11) is 0. The van der Waals surface area contributed by atoms with Crippen LogP contribution in [0, 0.1) is 0 Å². The van der Waals surface area contributed by atoms with E-state index in [1.807, 2.05) is 47.4 Å². The highest BCUT2D eigenvalue weighted by Crippen LogP contribution is 2.28. The van der Waals surface area contributed by atoms with Gasteiger partial charge in [-0.25, -0.2) is 4.98 Å². The summed E-state index contributed by atoms with van der Waals surface area (Å²) in [4.78, 5) is 30.3. The van der Waals surface area contributed by atoms with E-state index in [0.717, 1.165) is 36.4 Å². The molecule has 29 heavy (non-hydrogen) atoms. The number of para-hydroxylation sites is 1. The standard InChI is InChI=1S/C23H22N4O2/c1-16(28)25-19-9-11-20(12-10-19)26-22-13-8-18(15-24-22)23(29)27-14-4-6-17-5-2-3-7-21(17)27/h2-3,5,7-13,15H,4,6,14H2,1H3,(H,24,26)(H,25,28). The van der Waals surface area contributed by atoms with E-state index >= 15 is 0 Å². The first-order valence-corrected chi connectivity index (χ1v) is 9.61. The van der Waals surface area contributed by atoms with E-state index in [0.29, 0.717) is 11.4 Å². The van der Waals surface area contributed by atoms with Crippen LogP contribution in [0.3, 0.4) is 0 Å². The number of hydrogen-bond acceptors (Lipinski definition) is 4. The fourth-order valence-electron chi connectivity index (χ4n) is 3.48. The number of hydrogen-bond donors (Lipinski definition) is 2. The molecule has 0 saturated carbocycles. The van der Waals surface area contributed by atoms with Crippen LogP contribution >= 0.6 is 0 Å². The minimum absolute atomic E-state index is 0.0316. The van der Waals surface area contributed by atoms with Crippen molar-refractivity contribution < 1.29 is 9.59 Å². The van der Waals surface area contributed by atoms with Gasteiger partial charge in [0.2, 0.25) is 5.91 Å². The van der Waals surface area contributed by atoms with Crippen LogP contribution in [0.1, 0.15) is 29.3 Å². The number of rotatable bonds is 4. The molecule has 2 heterocycles. The Kier molecular flexibility index (Phi) is 5.24. The van der Waals surface area contributed by atoms with Crippen LogP contribution in [0.4, 0.5) is 22.9 Å². The molecule has 0 radical (unpaired) electrons. The zero-order valence-corrected chi connectivity index (χ0v) is 16.2. The van der Waals surface area contributed by atoms with Crippen LogP contribution in [0.5, 0.6) is 0 Å². The highest BCUT2D eigenvalue weighted by atomic mass is 16.2. The Morgan fingerprint density at radius 3 is 2.45 bits per heavy atom. The van der Waals surface area contributed by atoms with Crippen molar-refractivity contribution in [2.45, 2.75) is 19.8 Å². The molecule has 2 aromatic carbocycles. The highest BCUT2D eigenvalue weighted by molar-refractivity contribution is 6.06. The van der Waals surface area contributed by atoms with Gasteiger partial charge >= 0.3 is 0 Å². The molecule has 0 spiro atoms. The highest BCUT2D eigenvalue weighted by Gasteiger charge is 2.23. The van der Waals surface area contributed by atoms with Gasteiger partial charge < -0.3 is 15.5 Å². The molecule has 2 N–H and O–H groups in total. The lowest BCUT2D eigenvalue weighted by Gasteiger charge is -2.29. The fourth-order valence-corrected chi connectivity index (χ4v) is 3.48. The Bertz CT molecular complexity index is 1030. The molecular weight excluding hydrogens is 364 g/mol. The van der Waals surface area contributed by atoms with Gasteiger partial charge in [-0.3, -0.25) is 9.59 Å². The Morgan fingerprint density at radius 1 is 0.966 bits per heavy atom. The van der Waals surface area contributed by atoms with Gasteiger partial charge in [-0.1, -0.05) is 18.2 Å². The molecule has 3 aromatic rings. The van der Waals surface area contributed by atoms with E-state index in [-0.39, 0.29) is 11.8 Å². The third kappa shape index (κ3) is 4.27. The number of amides is 2.